The van der Waals surface area contributed by atoms with Crippen LogP contribution in [0.4, 0.5) is 13.2 Å². The minimum Gasteiger partial charge on any atom is -0.491 e. The van der Waals surface area contributed by atoms with Crippen molar-refractivity contribution in [1.82, 2.24) is 4.72 Å². The minimum atomic E-state index is -4.63. The molecule has 0 unspecified atom stereocenters. The minimum absolute atomic E-state index is 0.0297. The molecule has 0 aliphatic heterocycles. The Labute approximate surface area is 186 Å². The van der Waals surface area contributed by atoms with E-state index >= 15 is 0 Å². The van der Waals surface area contributed by atoms with Crippen LogP contribution in [0.2, 0.25) is 5.02 Å². The van der Waals surface area contributed by atoms with Crippen LogP contribution in [0, 0.1) is 0 Å². The smallest absolute Gasteiger partial charge is 0.416 e. The summed E-state index contributed by atoms with van der Waals surface area (Å²) in [4.78, 5) is 12.5. The lowest BCUT2D eigenvalue weighted by molar-refractivity contribution is -0.137. The van der Waals surface area contributed by atoms with Gasteiger partial charge in [-0.3, -0.25) is 4.79 Å². The number of hydrogen-bond acceptors (Lipinski definition) is 5. The molecule has 0 atom stereocenters. The zero-order valence-electron chi connectivity index (χ0n) is 16.4. The van der Waals surface area contributed by atoms with Gasteiger partial charge >= 0.3 is 6.18 Å². The Bertz CT molecular complexity index is 1330. The van der Waals surface area contributed by atoms with Crippen LogP contribution >= 0.6 is 11.6 Å². The monoisotopic (exact) mass is 487 g/mol. The summed E-state index contributed by atoms with van der Waals surface area (Å²) in [5.74, 6) is -0.238. The number of hydrogen-bond donors (Lipinski definition) is 1. The second-order valence-corrected chi connectivity index (χ2v) is 9.74. The van der Waals surface area contributed by atoms with Crippen molar-refractivity contribution in [2.75, 3.05) is 13.2 Å². The Morgan fingerprint density at radius 1 is 1.16 bits per heavy atom. The lowest BCUT2D eigenvalue weighted by atomic mass is 10.1. The highest BCUT2D eigenvalue weighted by Crippen LogP contribution is 2.38. The number of alkyl halides is 3. The van der Waals surface area contributed by atoms with Crippen LogP contribution in [-0.2, 0) is 16.2 Å². The van der Waals surface area contributed by atoms with E-state index in [0.717, 1.165) is 24.3 Å². The van der Waals surface area contributed by atoms with Crippen molar-refractivity contribution < 1.29 is 30.7 Å². The Hall–Kier alpha value is -2.56. The van der Waals surface area contributed by atoms with Gasteiger partial charge < -0.3 is 9.15 Å². The van der Waals surface area contributed by atoms with Crippen LogP contribution < -0.4 is 14.9 Å². The zero-order valence-corrected chi connectivity index (χ0v) is 18.0. The van der Waals surface area contributed by atoms with E-state index in [0.29, 0.717) is 12.8 Å². The topological polar surface area (TPSA) is 85.6 Å². The first-order chi connectivity index (χ1) is 15.1. The average Bonchev–Trinajstić information content (AvgIpc) is 3.57. The van der Waals surface area contributed by atoms with Gasteiger partial charge in [-0.2, -0.15) is 13.2 Å². The fourth-order valence-corrected chi connectivity index (χ4v) is 4.71. The summed E-state index contributed by atoms with van der Waals surface area (Å²) in [5, 5.41) is -0.0290. The number of ether oxygens (including phenoxy) is 1. The molecule has 1 N–H and O–H groups in total. The lowest BCUT2D eigenvalue weighted by Crippen LogP contribution is -2.31. The van der Waals surface area contributed by atoms with Gasteiger partial charge in [0.25, 0.3) is 0 Å². The first-order valence-electron chi connectivity index (χ1n) is 9.61. The standard InChI is InChI=1S/C21H17ClF3NO5S/c22-16-3-1-2-14-17(27)11-19(31-20(14)16)15-7-4-12(21(23,24)25)10-18(15)30-9-8-26-32(28,29)13-5-6-13/h1-4,7,10-11,13,26H,5-6,8-9H2. The molecule has 2 aromatic carbocycles. The second kappa shape index (κ2) is 8.42. The summed E-state index contributed by atoms with van der Waals surface area (Å²) in [6.45, 7) is -0.346. The molecular formula is C21H17ClF3NO5S. The maximum atomic E-state index is 13.2. The normalized spacial score (nSPS) is 14.6. The molecule has 1 saturated carbocycles. The number of sulfonamides is 1. The predicted molar refractivity (Wildman–Crippen MR) is 113 cm³/mol. The molecule has 1 heterocycles. The van der Waals surface area contributed by atoms with E-state index in [2.05, 4.69) is 4.72 Å². The molecule has 3 aromatic rings. The third-order valence-electron chi connectivity index (χ3n) is 4.91. The van der Waals surface area contributed by atoms with Crippen LogP contribution in [0.5, 0.6) is 5.75 Å². The molecule has 11 heteroatoms. The molecule has 170 valence electrons. The van der Waals surface area contributed by atoms with E-state index in [1.807, 2.05) is 0 Å². The Balaban J connectivity index is 1.67. The molecule has 6 nitrogen and oxygen atoms in total. The van der Waals surface area contributed by atoms with Crippen molar-refractivity contribution in [3.63, 3.8) is 0 Å². The first-order valence-corrected chi connectivity index (χ1v) is 11.5. The maximum absolute atomic E-state index is 13.2. The fourth-order valence-electron chi connectivity index (χ4n) is 3.14. The quantitative estimate of drug-likeness (QED) is 0.492. The highest BCUT2D eigenvalue weighted by atomic mass is 35.5. The molecule has 32 heavy (non-hydrogen) atoms. The van der Waals surface area contributed by atoms with Gasteiger partial charge in [-0.25, -0.2) is 13.1 Å². The predicted octanol–water partition coefficient (Wildman–Crippen LogP) is 4.59. The summed E-state index contributed by atoms with van der Waals surface area (Å²) in [5.41, 5.74) is -1.19. The number of rotatable bonds is 7. The highest BCUT2D eigenvalue weighted by molar-refractivity contribution is 7.90. The molecule has 1 aliphatic rings. The van der Waals surface area contributed by atoms with E-state index in [-0.39, 0.29) is 46.2 Å². The summed E-state index contributed by atoms with van der Waals surface area (Å²) >= 11 is 6.11. The van der Waals surface area contributed by atoms with Crippen molar-refractivity contribution in [3.8, 4) is 17.1 Å². The molecule has 4 rings (SSSR count). The van der Waals surface area contributed by atoms with E-state index in [1.54, 1.807) is 6.07 Å². The fraction of sp³-hybridized carbons (Fsp3) is 0.286. The lowest BCUT2D eigenvalue weighted by Gasteiger charge is -2.15. The van der Waals surface area contributed by atoms with Gasteiger partial charge in [0.15, 0.2) is 11.0 Å². The number of fused-ring (bicyclic) bond motifs is 1. The van der Waals surface area contributed by atoms with Gasteiger partial charge in [-0.15, -0.1) is 0 Å². The van der Waals surface area contributed by atoms with Crippen LogP contribution in [0.25, 0.3) is 22.3 Å². The second-order valence-electron chi connectivity index (χ2n) is 7.29. The zero-order chi connectivity index (χ0) is 23.1. The summed E-state index contributed by atoms with van der Waals surface area (Å²) < 4.78 is 77.1. The van der Waals surface area contributed by atoms with Crippen LogP contribution in [0.15, 0.2) is 51.7 Å². The largest absolute Gasteiger partial charge is 0.491 e. The number of benzene rings is 2. The molecule has 1 fully saturated rings. The van der Waals surface area contributed by atoms with Crippen molar-refractivity contribution in [1.29, 1.82) is 0 Å². The van der Waals surface area contributed by atoms with Crippen LogP contribution in [-0.4, -0.2) is 26.8 Å². The van der Waals surface area contributed by atoms with Crippen LogP contribution in [0.3, 0.4) is 0 Å². The van der Waals surface area contributed by atoms with Gasteiger partial charge in [0.05, 0.1) is 26.8 Å². The van der Waals surface area contributed by atoms with Crippen LogP contribution in [0.1, 0.15) is 18.4 Å². The molecule has 1 aromatic heterocycles. The molecule has 0 bridgehead atoms. The summed E-state index contributed by atoms with van der Waals surface area (Å²) in [6, 6.07) is 8.52. The van der Waals surface area contributed by atoms with Crippen molar-refractivity contribution in [3.05, 3.63) is 63.3 Å². The number of nitrogens with one attached hydrogen (secondary N) is 1. The van der Waals surface area contributed by atoms with Gasteiger partial charge in [0.2, 0.25) is 10.0 Å². The third-order valence-corrected chi connectivity index (χ3v) is 7.16. The molecule has 0 spiro atoms. The molecular weight excluding hydrogens is 471 g/mol. The summed E-state index contributed by atoms with van der Waals surface area (Å²) in [7, 11) is -3.45. The highest BCUT2D eigenvalue weighted by Gasteiger charge is 2.35. The average molecular weight is 488 g/mol. The molecule has 0 amide bonds. The van der Waals surface area contributed by atoms with Crippen molar-refractivity contribution in [2.24, 2.45) is 0 Å². The third kappa shape index (κ3) is 4.77. The Kier molecular flexibility index (Phi) is 5.95. The van der Waals surface area contributed by atoms with E-state index in [9.17, 15) is 26.4 Å². The Morgan fingerprint density at radius 3 is 2.59 bits per heavy atom. The van der Waals surface area contributed by atoms with E-state index in [4.69, 9.17) is 20.8 Å². The number of para-hydroxylation sites is 1. The molecule has 1 aliphatic carbocycles. The Morgan fingerprint density at radius 2 is 1.91 bits per heavy atom. The van der Waals surface area contributed by atoms with Gasteiger partial charge in [0.1, 0.15) is 18.1 Å². The SMILES string of the molecule is O=c1cc(-c2ccc(C(F)(F)F)cc2OCCNS(=O)(=O)C2CC2)oc2c(Cl)cccc12. The van der Waals surface area contributed by atoms with Gasteiger partial charge in [-0.1, -0.05) is 17.7 Å². The van der Waals surface area contributed by atoms with Crippen molar-refractivity contribution in [2.45, 2.75) is 24.3 Å². The van der Waals surface area contributed by atoms with Crippen molar-refractivity contribution >= 4 is 32.6 Å². The first kappa shape index (κ1) is 22.6. The molecule has 0 radical (unpaired) electrons. The van der Waals surface area contributed by atoms with Gasteiger partial charge in [0, 0.05) is 12.6 Å². The van der Waals surface area contributed by atoms with Gasteiger partial charge in [-0.05, 0) is 43.2 Å². The maximum Gasteiger partial charge on any atom is 0.416 e. The van der Waals surface area contributed by atoms with E-state index in [1.165, 1.54) is 12.1 Å². The summed E-state index contributed by atoms with van der Waals surface area (Å²) in [6.07, 6.45) is -3.47. The van der Waals surface area contributed by atoms with E-state index < -0.39 is 32.4 Å². The number of halogens is 4. The molecule has 0 saturated heterocycles.